The van der Waals surface area contributed by atoms with Gasteiger partial charge in [-0.15, -0.1) is 0 Å². The summed E-state index contributed by atoms with van der Waals surface area (Å²) >= 11 is 5.23. The van der Waals surface area contributed by atoms with Gasteiger partial charge in [-0.25, -0.2) is 8.42 Å². The molecule has 2 aromatic rings. The maximum Gasteiger partial charge on any atom is 0.269 e. The van der Waals surface area contributed by atoms with E-state index in [4.69, 9.17) is 17.0 Å². The Morgan fingerprint density at radius 1 is 1.03 bits per heavy atom. The number of methoxy groups -OCH3 is 1. The van der Waals surface area contributed by atoms with Crippen molar-refractivity contribution in [1.82, 2.24) is 16.2 Å². The lowest BCUT2D eigenvalue weighted by Crippen LogP contribution is -2.50. The molecule has 1 aliphatic rings. The number of amides is 1. The molecule has 1 aliphatic carbocycles. The summed E-state index contributed by atoms with van der Waals surface area (Å²) in [5, 5.41) is 3.53. The number of hydrogen-bond donors (Lipinski definition) is 4. The molecule has 166 valence electrons. The zero-order valence-electron chi connectivity index (χ0n) is 17.2. The van der Waals surface area contributed by atoms with Gasteiger partial charge in [0.25, 0.3) is 15.9 Å². The third-order valence-electron chi connectivity index (χ3n) is 4.98. The first kappa shape index (κ1) is 22.8. The first-order valence-electron chi connectivity index (χ1n) is 10.0. The van der Waals surface area contributed by atoms with E-state index in [0.29, 0.717) is 22.6 Å². The lowest BCUT2D eigenvalue weighted by Gasteiger charge is -2.24. The average Bonchev–Trinajstić information content (AvgIpc) is 2.78. The quantitative estimate of drug-likeness (QED) is 0.386. The first-order chi connectivity index (χ1) is 14.9. The molecular formula is C21H26N4O4S2. The largest absolute Gasteiger partial charge is 0.497 e. The van der Waals surface area contributed by atoms with Gasteiger partial charge < -0.3 is 10.1 Å². The number of rotatable bonds is 6. The van der Waals surface area contributed by atoms with Crippen LogP contribution < -0.4 is 25.6 Å². The molecule has 0 unspecified atom stereocenters. The maximum absolute atomic E-state index is 12.7. The van der Waals surface area contributed by atoms with Gasteiger partial charge in [0.05, 0.1) is 12.0 Å². The molecule has 31 heavy (non-hydrogen) atoms. The van der Waals surface area contributed by atoms with Crippen molar-refractivity contribution in [3.63, 3.8) is 0 Å². The van der Waals surface area contributed by atoms with Gasteiger partial charge >= 0.3 is 0 Å². The third kappa shape index (κ3) is 6.56. The van der Waals surface area contributed by atoms with Crippen LogP contribution in [0.2, 0.25) is 0 Å². The molecule has 1 saturated carbocycles. The number of benzene rings is 2. The topological polar surface area (TPSA) is 109 Å². The van der Waals surface area contributed by atoms with Crippen molar-refractivity contribution in [2.24, 2.45) is 0 Å². The number of carbonyl (C=O) groups is 1. The Hall–Kier alpha value is -2.85. The van der Waals surface area contributed by atoms with Gasteiger partial charge in [0, 0.05) is 17.3 Å². The second-order valence-electron chi connectivity index (χ2n) is 7.25. The highest BCUT2D eigenvalue weighted by atomic mass is 32.2. The van der Waals surface area contributed by atoms with E-state index < -0.39 is 15.9 Å². The molecule has 3 rings (SSSR count). The number of nitrogens with one attached hydrogen (secondary N) is 4. The van der Waals surface area contributed by atoms with Crippen LogP contribution in [-0.2, 0) is 10.0 Å². The first-order valence-corrected chi connectivity index (χ1v) is 11.9. The molecule has 0 heterocycles. The zero-order chi connectivity index (χ0) is 22.3. The van der Waals surface area contributed by atoms with Crippen molar-refractivity contribution < 1.29 is 17.9 Å². The van der Waals surface area contributed by atoms with Crippen LogP contribution in [0.3, 0.4) is 0 Å². The normalized spacial score (nSPS) is 14.4. The summed E-state index contributed by atoms with van der Waals surface area (Å²) in [5.74, 6) is 0.124. The molecular weight excluding hydrogens is 436 g/mol. The van der Waals surface area contributed by atoms with Crippen molar-refractivity contribution in [2.75, 3.05) is 11.8 Å². The number of anilines is 1. The van der Waals surface area contributed by atoms with Crippen molar-refractivity contribution >= 4 is 38.9 Å². The monoisotopic (exact) mass is 462 g/mol. The number of sulfonamides is 1. The smallest absolute Gasteiger partial charge is 0.269 e. The highest BCUT2D eigenvalue weighted by Crippen LogP contribution is 2.20. The van der Waals surface area contributed by atoms with Crippen molar-refractivity contribution in [3.05, 3.63) is 54.1 Å². The Bertz CT molecular complexity index is 1020. The minimum absolute atomic E-state index is 0.0288. The van der Waals surface area contributed by atoms with Crippen molar-refractivity contribution in [2.45, 2.75) is 43.0 Å². The van der Waals surface area contributed by atoms with E-state index in [9.17, 15) is 13.2 Å². The number of hydrogen-bond acceptors (Lipinski definition) is 5. The summed E-state index contributed by atoms with van der Waals surface area (Å²) in [6.45, 7) is 0. The van der Waals surface area contributed by atoms with Gasteiger partial charge in [-0.1, -0.05) is 25.3 Å². The van der Waals surface area contributed by atoms with E-state index in [2.05, 4.69) is 20.9 Å². The van der Waals surface area contributed by atoms with Crippen LogP contribution in [-0.4, -0.2) is 32.6 Å². The Morgan fingerprint density at radius 2 is 1.74 bits per heavy atom. The summed E-state index contributed by atoms with van der Waals surface area (Å²) < 4.78 is 32.9. The van der Waals surface area contributed by atoms with Crippen LogP contribution in [0.1, 0.15) is 42.5 Å². The predicted molar refractivity (Wildman–Crippen MR) is 123 cm³/mol. The Balaban J connectivity index is 1.60. The molecule has 0 atom stereocenters. The van der Waals surface area contributed by atoms with Crippen LogP contribution in [0.15, 0.2) is 53.4 Å². The SMILES string of the molecule is COc1ccc(NS(=O)(=O)c2cccc(C(=O)NNC(=S)NC3CCCCC3)c2)cc1. The molecule has 4 N–H and O–H groups in total. The average molecular weight is 463 g/mol. The van der Waals surface area contributed by atoms with E-state index in [-0.39, 0.29) is 10.5 Å². The van der Waals surface area contributed by atoms with E-state index in [1.54, 1.807) is 24.3 Å². The molecule has 0 saturated heterocycles. The molecule has 0 spiro atoms. The van der Waals surface area contributed by atoms with Gasteiger partial charge in [0.15, 0.2) is 5.11 Å². The maximum atomic E-state index is 12.7. The molecule has 0 radical (unpaired) electrons. The summed E-state index contributed by atoms with van der Waals surface area (Å²) in [4.78, 5) is 12.4. The van der Waals surface area contributed by atoms with Gasteiger partial charge in [-0.3, -0.25) is 20.4 Å². The van der Waals surface area contributed by atoms with Crippen LogP contribution in [0.5, 0.6) is 5.75 Å². The van der Waals surface area contributed by atoms with E-state index in [1.165, 1.54) is 50.6 Å². The van der Waals surface area contributed by atoms with Crippen LogP contribution in [0, 0.1) is 0 Å². The molecule has 2 aromatic carbocycles. The van der Waals surface area contributed by atoms with E-state index >= 15 is 0 Å². The summed E-state index contributed by atoms with van der Waals surface area (Å²) in [5.41, 5.74) is 5.76. The van der Waals surface area contributed by atoms with Crippen LogP contribution >= 0.6 is 12.2 Å². The molecule has 0 bridgehead atoms. The molecule has 8 nitrogen and oxygen atoms in total. The van der Waals surface area contributed by atoms with Gasteiger partial charge in [0.2, 0.25) is 0 Å². The fourth-order valence-electron chi connectivity index (χ4n) is 3.33. The number of ether oxygens (including phenoxy) is 1. The second kappa shape index (κ2) is 10.5. The van der Waals surface area contributed by atoms with Gasteiger partial charge in [0.1, 0.15) is 5.75 Å². The lowest BCUT2D eigenvalue weighted by molar-refractivity contribution is 0.0943. The fourth-order valence-corrected chi connectivity index (χ4v) is 4.65. The molecule has 10 heteroatoms. The lowest BCUT2D eigenvalue weighted by atomic mass is 9.96. The molecule has 1 fully saturated rings. The van der Waals surface area contributed by atoms with Crippen molar-refractivity contribution in [3.8, 4) is 5.75 Å². The molecule has 0 aromatic heterocycles. The van der Waals surface area contributed by atoms with E-state index in [1.807, 2.05) is 0 Å². The minimum atomic E-state index is -3.87. The Kier molecular flexibility index (Phi) is 7.69. The Morgan fingerprint density at radius 3 is 2.42 bits per heavy atom. The van der Waals surface area contributed by atoms with E-state index in [0.717, 1.165) is 12.8 Å². The minimum Gasteiger partial charge on any atom is -0.497 e. The summed E-state index contributed by atoms with van der Waals surface area (Å²) in [6, 6.07) is 12.6. The second-order valence-corrected chi connectivity index (χ2v) is 9.34. The fraction of sp³-hybridized carbons (Fsp3) is 0.333. The molecule has 1 amide bonds. The number of thiocarbonyl (C=S) groups is 1. The standard InChI is InChI=1S/C21H26N4O4S2/c1-29-18-12-10-17(11-13-18)25-31(27,28)19-9-5-6-15(14-19)20(26)23-24-21(30)22-16-7-3-2-4-8-16/h5-6,9-14,16,25H,2-4,7-8H2,1H3,(H,23,26)(H2,22,24,30). The Labute approximate surface area is 187 Å². The van der Waals surface area contributed by atoms with Crippen LogP contribution in [0.4, 0.5) is 5.69 Å². The molecule has 0 aliphatic heterocycles. The summed E-state index contributed by atoms with van der Waals surface area (Å²) in [6.07, 6.45) is 5.67. The van der Waals surface area contributed by atoms with Crippen LogP contribution in [0.25, 0.3) is 0 Å². The number of hydrazine groups is 1. The highest BCUT2D eigenvalue weighted by Gasteiger charge is 2.18. The summed E-state index contributed by atoms with van der Waals surface area (Å²) in [7, 11) is -2.34. The zero-order valence-corrected chi connectivity index (χ0v) is 18.8. The van der Waals surface area contributed by atoms with Crippen molar-refractivity contribution in [1.29, 1.82) is 0 Å². The van der Waals surface area contributed by atoms with Gasteiger partial charge in [-0.2, -0.15) is 0 Å². The highest BCUT2D eigenvalue weighted by molar-refractivity contribution is 7.92. The number of carbonyl (C=O) groups excluding carboxylic acids is 1. The van der Waals surface area contributed by atoms with Gasteiger partial charge in [-0.05, 0) is 67.5 Å². The predicted octanol–water partition coefficient (Wildman–Crippen LogP) is 2.94. The third-order valence-corrected chi connectivity index (χ3v) is 6.58.